The summed E-state index contributed by atoms with van der Waals surface area (Å²) in [5.74, 6) is -2.67. The minimum Gasteiger partial charge on any atom is -0.404 e. The van der Waals surface area contributed by atoms with Gasteiger partial charge in [0, 0.05) is 61.0 Å². The molecule has 11 nitrogen and oxygen atoms in total. The highest BCUT2D eigenvalue weighted by Crippen LogP contribution is 2.44. The molecule has 1 aromatic carbocycles. The summed E-state index contributed by atoms with van der Waals surface area (Å²) in [6, 6.07) is 5.08. The van der Waals surface area contributed by atoms with Crippen molar-refractivity contribution in [1.82, 2.24) is 9.63 Å². The topological polar surface area (TPSA) is 140 Å². The van der Waals surface area contributed by atoms with E-state index in [-0.39, 0.29) is 17.7 Å². The van der Waals surface area contributed by atoms with E-state index in [1.54, 1.807) is 18.2 Å². The van der Waals surface area contributed by atoms with Crippen LogP contribution in [0.3, 0.4) is 0 Å². The third-order valence-electron chi connectivity index (χ3n) is 7.00. The lowest BCUT2D eigenvalue weighted by atomic mass is 9.90. The van der Waals surface area contributed by atoms with Crippen LogP contribution < -0.4 is 14.9 Å². The summed E-state index contributed by atoms with van der Waals surface area (Å²) in [5, 5.41) is 23.6. The number of hydrogen-bond acceptors (Lipinski definition) is 9. The van der Waals surface area contributed by atoms with E-state index >= 15 is 0 Å². The highest BCUT2D eigenvalue weighted by molar-refractivity contribution is 5.97. The molecule has 3 atom stereocenters. The zero-order valence-corrected chi connectivity index (χ0v) is 20.6. The smallest absolute Gasteiger partial charge is 0.364 e. The van der Waals surface area contributed by atoms with Crippen molar-refractivity contribution in [3.63, 3.8) is 0 Å². The molecule has 1 aromatic heterocycles. The van der Waals surface area contributed by atoms with Crippen LogP contribution in [0.25, 0.3) is 10.9 Å². The van der Waals surface area contributed by atoms with Gasteiger partial charge in [0.15, 0.2) is 12.2 Å². The number of rotatable bonds is 7. The largest absolute Gasteiger partial charge is 0.404 e. The number of carbonyl (C=O) groups is 3. The van der Waals surface area contributed by atoms with Crippen LogP contribution in [0.15, 0.2) is 30.0 Å². The lowest BCUT2D eigenvalue weighted by Gasteiger charge is -2.29. The summed E-state index contributed by atoms with van der Waals surface area (Å²) in [6.45, 7) is 4.83. The molecule has 1 fully saturated rings. The second-order valence-electron chi connectivity index (χ2n) is 9.46. The number of nitrogens with one attached hydrogen (secondary N) is 1. The monoisotopic (exact) mass is 513 g/mol. The van der Waals surface area contributed by atoms with E-state index in [1.165, 1.54) is 5.70 Å². The fourth-order valence-electron chi connectivity index (χ4n) is 5.18. The van der Waals surface area contributed by atoms with Crippen molar-refractivity contribution in [3.8, 4) is 5.88 Å². The van der Waals surface area contributed by atoms with Crippen LogP contribution in [0.1, 0.15) is 50.5 Å². The number of fused-ring (bicyclic) bond motifs is 4. The number of allylic oxidation sites excluding steroid dienone is 2. The lowest BCUT2D eigenvalue weighted by molar-refractivity contribution is -0.173. The Bertz CT molecular complexity index is 1250. The molecule has 3 aliphatic rings. The van der Waals surface area contributed by atoms with Gasteiger partial charge in [-0.1, -0.05) is 6.08 Å². The Kier molecular flexibility index (Phi) is 7.18. The molecule has 37 heavy (non-hydrogen) atoms. The van der Waals surface area contributed by atoms with E-state index in [1.807, 2.05) is 6.92 Å². The molecule has 0 radical (unpaired) electrons. The third-order valence-corrected chi connectivity index (χ3v) is 7.00. The Morgan fingerprint density at radius 2 is 2.00 bits per heavy atom. The van der Waals surface area contributed by atoms with Crippen LogP contribution in [0.2, 0.25) is 0 Å². The number of carbonyl (C=O) groups excluding carboxylic acids is 3. The molecule has 0 saturated carbocycles. The van der Waals surface area contributed by atoms with Crippen molar-refractivity contribution >= 4 is 34.4 Å². The Hall–Kier alpha value is -3.41. The first-order valence-corrected chi connectivity index (χ1v) is 12.7. The quantitative estimate of drug-likeness (QED) is 0.371. The van der Waals surface area contributed by atoms with Gasteiger partial charge in [-0.15, -0.1) is 4.73 Å². The summed E-state index contributed by atoms with van der Waals surface area (Å²) < 4.78 is 11.9. The van der Waals surface area contributed by atoms with E-state index in [0.717, 1.165) is 37.1 Å². The second-order valence-corrected chi connectivity index (χ2v) is 9.46. The van der Waals surface area contributed by atoms with Gasteiger partial charge in [0.05, 0.1) is 5.52 Å². The van der Waals surface area contributed by atoms with Crippen LogP contribution in [-0.4, -0.2) is 76.2 Å². The molecule has 198 valence electrons. The van der Waals surface area contributed by atoms with E-state index in [4.69, 9.17) is 14.3 Å². The first-order chi connectivity index (χ1) is 17.9. The van der Waals surface area contributed by atoms with Gasteiger partial charge in [-0.3, -0.25) is 4.79 Å². The van der Waals surface area contributed by atoms with Crippen molar-refractivity contribution in [2.45, 2.75) is 57.2 Å². The van der Waals surface area contributed by atoms with Crippen molar-refractivity contribution in [2.24, 2.45) is 0 Å². The lowest BCUT2D eigenvalue weighted by Crippen LogP contribution is -2.47. The number of aliphatic hydroxyl groups excluding tert-OH is 2. The average Bonchev–Trinajstić information content (AvgIpc) is 3.47. The van der Waals surface area contributed by atoms with E-state index in [9.17, 15) is 24.6 Å². The normalized spacial score (nSPS) is 23.5. The predicted octanol–water partition coefficient (Wildman–Crippen LogP) is 1.46. The summed E-state index contributed by atoms with van der Waals surface area (Å²) in [5.41, 5.74) is 2.80. The van der Waals surface area contributed by atoms with Crippen LogP contribution in [0.5, 0.6) is 5.88 Å². The number of ether oxygens (including phenoxy) is 2. The van der Waals surface area contributed by atoms with Gasteiger partial charge >= 0.3 is 11.9 Å². The molecule has 1 saturated heterocycles. The number of benzene rings is 1. The summed E-state index contributed by atoms with van der Waals surface area (Å²) in [4.78, 5) is 45.3. The molecule has 1 amide bonds. The van der Waals surface area contributed by atoms with Gasteiger partial charge in [-0.2, -0.15) is 0 Å². The van der Waals surface area contributed by atoms with Gasteiger partial charge in [0.25, 0.3) is 0 Å². The summed E-state index contributed by atoms with van der Waals surface area (Å²) >= 11 is 0. The maximum Gasteiger partial charge on any atom is 0.364 e. The third kappa shape index (κ3) is 4.94. The van der Waals surface area contributed by atoms with E-state index in [0.29, 0.717) is 48.2 Å². The van der Waals surface area contributed by atoms with Crippen molar-refractivity contribution < 1.29 is 38.9 Å². The van der Waals surface area contributed by atoms with Crippen LogP contribution in [0.4, 0.5) is 5.69 Å². The fraction of sp³-hybridized carbons (Fsp3) is 0.500. The van der Waals surface area contributed by atoms with Gasteiger partial charge in [-0.25, -0.2) is 9.59 Å². The number of esters is 1. The molecule has 0 aliphatic carbocycles. The minimum atomic E-state index is -2.08. The minimum absolute atomic E-state index is 0.0206. The van der Waals surface area contributed by atoms with Gasteiger partial charge in [0.2, 0.25) is 11.8 Å². The summed E-state index contributed by atoms with van der Waals surface area (Å²) in [7, 11) is 0. The fourth-order valence-corrected chi connectivity index (χ4v) is 5.18. The molecule has 3 N–H and O–H groups in total. The maximum atomic E-state index is 12.6. The molecular weight excluding hydrogens is 482 g/mol. The number of amides is 1. The Morgan fingerprint density at radius 3 is 2.81 bits per heavy atom. The van der Waals surface area contributed by atoms with E-state index < -0.39 is 24.1 Å². The van der Waals surface area contributed by atoms with Gasteiger partial charge < -0.3 is 34.7 Å². The van der Waals surface area contributed by atoms with Crippen molar-refractivity contribution in [1.29, 1.82) is 0 Å². The number of hydrogen-bond donors (Lipinski definition) is 3. The van der Waals surface area contributed by atoms with Crippen LogP contribution >= 0.6 is 0 Å². The highest BCUT2D eigenvalue weighted by atomic mass is 16.7. The molecule has 2 aromatic rings. The Morgan fingerprint density at radius 1 is 1.19 bits per heavy atom. The molecule has 3 aliphatic heterocycles. The van der Waals surface area contributed by atoms with Crippen LogP contribution in [0, 0.1) is 0 Å². The van der Waals surface area contributed by atoms with Gasteiger partial charge in [-0.05, 0) is 50.8 Å². The van der Waals surface area contributed by atoms with Crippen molar-refractivity contribution in [2.75, 3.05) is 31.6 Å². The van der Waals surface area contributed by atoms with E-state index in [2.05, 4.69) is 16.3 Å². The van der Waals surface area contributed by atoms with Crippen LogP contribution in [-0.2, 0) is 19.1 Å². The number of aliphatic hydroxyl groups is 2. The first kappa shape index (κ1) is 25.2. The predicted molar refractivity (Wildman–Crippen MR) is 132 cm³/mol. The summed E-state index contributed by atoms with van der Waals surface area (Å²) in [6.07, 6.45) is 1.64. The molecule has 3 unspecified atom stereocenters. The molecule has 5 rings (SSSR count). The number of nitrogens with zero attached hydrogens (tertiary/aromatic N) is 2. The second kappa shape index (κ2) is 10.5. The zero-order chi connectivity index (χ0) is 26.1. The average molecular weight is 514 g/mol. The maximum absolute atomic E-state index is 12.6. The molecule has 0 bridgehead atoms. The SMILES string of the molecule is CCOCCCC(=O)Nc1ccc2c(c1)c(C1C=C3CCCN3CC1)c1n2OC(=O)C(O)C(O)C(=O)O1. The standard InChI is InChI=1S/C26H31N3O8/c1-2-35-12-4-6-20(30)27-16-7-8-19-18(14-16)21(15-9-11-28-10-3-5-17(28)13-15)24-29(19)37-26(34)23(32)22(31)25(33)36-24/h7-8,13-15,22-23,31-32H,2-6,9-12H2,1H3,(H,27,30). The number of aromatic nitrogens is 1. The first-order valence-electron chi connectivity index (χ1n) is 12.7. The molecule has 4 heterocycles. The zero-order valence-electron chi connectivity index (χ0n) is 20.6. The van der Waals surface area contributed by atoms with Crippen molar-refractivity contribution in [3.05, 3.63) is 35.5 Å². The molecule has 0 spiro atoms. The Balaban J connectivity index is 1.56. The molecule has 11 heteroatoms. The number of anilines is 1. The van der Waals surface area contributed by atoms with Gasteiger partial charge in [0.1, 0.15) is 0 Å². The molecular formula is C26H31N3O8. The Labute approximate surface area is 213 Å². The highest BCUT2D eigenvalue weighted by Gasteiger charge is 2.40.